The lowest BCUT2D eigenvalue weighted by atomic mass is 10.2. The standard InChI is InChI=1S/C16H11N3OS.CH3Cl/c1-12-19-14(11-21-12)5-4-13-7-16(10-18-8-13)20-15-3-2-6-17-9-15;1-2/h2-3,6-11H,1H3;1H3. The number of aromatic nitrogens is 3. The summed E-state index contributed by atoms with van der Waals surface area (Å²) in [6, 6.07) is 5.49. The average Bonchev–Trinajstić information content (AvgIpc) is 3.02. The first-order valence-corrected chi connectivity index (χ1v) is 8.28. The molecule has 0 saturated heterocycles. The molecule has 0 spiro atoms. The molecule has 0 aliphatic heterocycles. The van der Waals surface area contributed by atoms with E-state index in [1.807, 2.05) is 30.5 Å². The maximum absolute atomic E-state index is 5.67. The third kappa shape index (κ3) is 5.37. The molecule has 3 heterocycles. The number of rotatable bonds is 2. The van der Waals surface area contributed by atoms with E-state index < -0.39 is 0 Å². The van der Waals surface area contributed by atoms with Crippen LogP contribution in [0.1, 0.15) is 16.3 Å². The van der Waals surface area contributed by atoms with Gasteiger partial charge in [-0.2, -0.15) is 0 Å². The number of aryl methyl sites for hydroxylation is 1. The van der Waals surface area contributed by atoms with Gasteiger partial charge in [-0.15, -0.1) is 22.9 Å². The van der Waals surface area contributed by atoms with E-state index in [1.54, 1.807) is 36.1 Å². The van der Waals surface area contributed by atoms with Gasteiger partial charge in [0.1, 0.15) is 17.2 Å². The zero-order chi connectivity index (χ0) is 16.5. The largest absolute Gasteiger partial charge is 0.454 e. The van der Waals surface area contributed by atoms with Crippen LogP contribution in [0, 0.1) is 18.8 Å². The fraction of sp³-hybridized carbons (Fsp3) is 0.118. The molecule has 6 heteroatoms. The van der Waals surface area contributed by atoms with Crippen molar-refractivity contribution in [2.75, 3.05) is 6.38 Å². The molecule has 0 bridgehead atoms. The summed E-state index contributed by atoms with van der Waals surface area (Å²) in [5.74, 6) is 7.35. The van der Waals surface area contributed by atoms with Crippen LogP contribution in [-0.4, -0.2) is 21.3 Å². The lowest BCUT2D eigenvalue weighted by molar-refractivity contribution is 0.478. The minimum Gasteiger partial charge on any atom is -0.454 e. The molecule has 0 aliphatic rings. The second-order valence-corrected chi connectivity index (χ2v) is 5.26. The predicted molar refractivity (Wildman–Crippen MR) is 93.2 cm³/mol. The number of nitrogens with zero attached hydrogens (tertiary/aromatic N) is 3. The Hall–Kier alpha value is -2.42. The van der Waals surface area contributed by atoms with Crippen LogP contribution < -0.4 is 4.74 Å². The summed E-state index contributed by atoms with van der Waals surface area (Å²) < 4.78 is 5.67. The van der Waals surface area contributed by atoms with Crippen LogP contribution in [0.4, 0.5) is 0 Å². The van der Waals surface area contributed by atoms with Gasteiger partial charge in [-0.3, -0.25) is 9.97 Å². The van der Waals surface area contributed by atoms with Crippen molar-refractivity contribution in [3.8, 4) is 23.3 Å². The Morgan fingerprint density at radius 2 is 1.91 bits per heavy atom. The van der Waals surface area contributed by atoms with Crippen LogP contribution in [0.5, 0.6) is 11.5 Å². The zero-order valence-corrected chi connectivity index (χ0v) is 14.2. The summed E-state index contributed by atoms with van der Waals surface area (Å²) in [5.41, 5.74) is 1.55. The van der Waals surface area contributed by atoms with Gasteiger partial charge in [0.25, 0.3) is 0 Å². The molecule has 0 radical (unpaired) electrons. The van der Waals surface area contributed by atoms with E-state index in [0.717, 1.165) is 16.3 Å². The van der Waals surface area contributed by atoms with E-state index in [-0.39, 0.29) is 0 Å². The number of halogens is 1. The maximum atomic E-state index is 5.67. The lowest BCUT2D eigenvalue weighted by Crippen LogP contribution is -1.87. The molecule has 4 nitrogen and oxygen atoms in total. The Morgan fingerprint density at radius 1 is 1.09 bits per heavy atom. The molecule has 3 aromatic heterocycles. The summed E-state index contributed by atoms with van der Waals surface area (Å²) in [6.07, 6.45) is 8.16. The molecule has 3 rings (SSSR count). The van der Waals surface area contributed by atoms with Crippen molar-refractivity contribution in [2.45, 2.75) is 6.92 Å². The van der Waals surface area contributed by atoms with Crippen LogP contribution in [0.3, 0.4) is 0 Å². The maximum Gasteiger partial charge on any atom is 0.147 e. The van der Waals surface area contributed by atoms with Gasteiger partial charge in [-0.25, -0.2) is 4.98 Å². The van der Waals surface area contributed by atoms with Crippen LogP contribution in [0.15, 0.2) is 48.4 Å². The number of pyridine rings is 2. The van der Waals surface area contributed by atoms with Crippen LogP contribution >= 0.6 is 22.9 Å². The van der Waals surface area contributed by atoms with E-state index in [4.69, 9.17) is 4.74 Å². The quantitative estimate of drug-likeness (QED) is 0.514. The molecule has 0 unspecified atom stereocenters. The summed E-state index contributed by atoms with van der Waals surface area (Å²) in [6.45, 7) is 1.96. The Kier molecular flexibility index (Phi) is 6.55. The Bertz CT molecular complexity index is 809. The lowest BCUT2D eigenvalue weighted by Gasteiger charge is -2.04. The van der Waals surface area contributed by atoms with Gasteiger partial charge in [0.15, 0.2) is 0 Å². The minimum atomic E-state index is 0.629. The Balaban J connectivity index is 0.000000924. The molecule has 3 aromatic rings. The molecule has 23 heavy (non-hydrogen) atoms. The molecule has 0 atom stereocenters. The normalized spacial score (nSPS) is 9.17. The Morgan fingerprint density at radius 3 is 2.61 bits per heavy atom. The monoisotopic (exact) mass is 343 g/mol. The first kappa shape index (κ1) is 16.9. The number of thiazole rings is 1. The van der Waals surface area contributed by atoms with E-state index in [1.165, 1.54) is 6.38 Å². The highest BCUT2D eigenvalue weighted by Gasteiger charge is 1.99. The van der Waals surface area contributed by atoms with Gasteiger partial charge in [-0.05, 0) is 31.0 Å². The summed E-state index contributed by atoms with van der Waals surface area (Å²) in [5, 5.41) is 2.94. The van der Waals surface area contributed by atoms with Crippen LogP contribution in [-0.2, 0) is 0 Å². The van der Waals surface area contributed by atoms with Gasteiger partial charge in [0, 0.05) is 29.7 Å². The summed E-state index contributed by atoms with van der Waals surface area (Å²) in [7, 11) is 0. The summed E-state index contributed by atoms with van der Waals surface area (Å²) >= 11 is 6.22. The average molecular weight is 344 g/mol. The number of hydrogen-bond acceptors (Lipinski definition) is 5. The second kappa shape index (κ2) is 8.89. The van der Waals surface area contributed by atoms with Crippen molar-refractivity contribution in [1.29, 1.82) is 0 Å². The van der Waals surface area contributed by atoms with E-state index >= 15 is 0 Å². The smallest absolute Gasteiger partial charge is 0.147 e. The first-order valence-electron chi connectivity index (χ1n) is 6.64. The minimum absolute atomic E-state index is 0.629. The molecule has 0 fully saturated rings. The highest BCUT2D eigenvalue weighted by atomic mass is 35.5. The van der Waals surface area contributed by atoms with Gasteiger partial charge in [0.05, 0.1) is 17.4 Å². The molecular weight excluding hydrogens is 330 g/mol. The zero-order valence-electron chi connectivity index (χ0n) is 12.7. The highest BCUT2D eigenvalue weighted by molar-refractivity contribution is 7.09. The van der Waals surface area contributed by atoms with Crippen molar-refractivity contribution in [2.24, 2.45) is 0 Å². The number of hydrogen-bond donors (Lipinski definition) is 0. The molecular formula is C17H14ClN3OS. The third-order valence-corrected chi connectivity index (χ3v) is 3.31. The van der Waals surface area contributed by atoms with Crippen molar-refractivity contribution in [1.82, 2.24) is 15.0 Å². The highest BCUT2D eigenvalue weighted by Crippen LogP contribution is 2.19. The number of ether oxygens (including phenoxy) is 1. The van der Waals surface area contributed by atoms with E-state index in [9.17, 15) is 0 Å². The van der Waals surface area contributed by atoms with Crippen molar-refractivity contribution >= 4 is 22.9 Å². The molecule has 0 saturated carbocycles. The van der Waals surface area contributed by atoms with E-state index in [2.05, 4.69) is 38.4 Å². The molecule has 0 N–H and O–H groups in total. The van der Waals surface area contributed by atoms with Gasteiger partial charge >= 0.3 is 0 Å². The second-order valence-electron chi connectivity index (χ2n) is 4.20. The molecule has 116 valence electrons. The third-order valence-electron chi connectivity index (χ3n) is 2.54. The van der Waals surface area contributed by atoms with Gasteiger partial charge < -0.3 is 4.74 Å². The molecule has 0 amide bonds. The number of alkyl halides is 1. The Labute approximate surface area is 144 Å². The summed E-state index contributed by atoms with van der Waals surface area (Å²) in [4.78, 5) is 12.4. The SMILES string of the molecule is CCl.Cc1nc(C#Cc2cncc(Oc3cccnc3)c2)cs1. The topological polar surface area (TPSA) is 47.9 Å². The van der Waals surface area contributed by atoms with Crippen LogP contribution in [0.25, 0.3) is 0 Å². The van der Waals surface area contributed by atoms with Crippen molar-refractivity contribution < 1.29 is 4.74 Å². The van der Waals surface area contributed by atoms with Crippen molar-refractivity contribution in [3.63, 3.8) is 0 Å². The van der Waals surface area contributed by atoms with Gasteiger partial charge in [-0.1, -0.05) is 5.92 Å². The van der Waals surface area contributed by atoms with E-state index in [0.29, 0.717) is 11.5 Å². The predicted octanol–water partition coefficient (Wildman–Crippen LogP) is 4.29. The van der Waals surface area contributed by atoms with Crippen LogP contribution in [0.2, 0.25) is 0 Å². The fourth-order valence-corrected chi connectivity index (χ4v) is 2.19. The van der Waals surface area contributed by atoms with Crippen molar-refractivity contribution in [3.05, 3.63) is 64.6 Å². The van der Waals surface area contributed by atoms with Gasteiger partial charge in [0.2, 0.25) is 0 Å². The molecule has 0 aromatic carbocycles. The molecule has 0 aliphatic carbocycles. The first-order chi connectivity index (χ1) is 11.3. The fourth-order valence-electron chi connectivity index (χ4n) is 1.64.